The number of pyridine rings is 1. The quantitative estimate of drug-likeness (QED) is 0.527. The third-order valence-electron chi connectivity index (χ3n) is 6.96. The van der Waals surface area contributed by atoms with Crippen LogP contribution in [0.25, 0.3) is 6.08 Å². The minimum absolute atomic E-state index is 0.147. The van der Waals surface area contributed by atoms with Crippen LogP contribution in [0.1, 0.15) is 57.9 Å². The van der Waals surface area contributed by atoms with E-state index in [1.165, 1.54) is 0 Å². The number of Topliss-reactive ketones (excluding diaryl/α,β-unsaturated/α-hetero) is 1. The van der Waals surface area contributed by atoms with E-state index in [1.807, 2.05) is 37.4 Å². The fourth-order valence-corrected chi connectivity index (χ4v) is 5.22. The number of aryl methyl sites for hydroxylation is 1. The van der Waals surface area contributed by atoms with Crippen molar-refractivity contribution in [1.29, 1.82) is 0 Å². The third kappa shape index (κ3) is 3.91. The number of aromatic nitrogens is 1. The Kier molecular flexibility index (Phi) is 5.41. The van der Waals surface area contributed by atoms with Crippen molar-refractivity contribution in [2.24, 2.45) is 0 Å². The SMILES string of the molecule is Cc1cc(O)c(CN2CCCC[C@H]2c2cccnc2)c2c1C(=O)/C(=C/c1ccc3c(c1)OCO3)O2. The lowest BCUT2D eigenvalue weighted by atomic mass is 9.94. The van der Waals surface area contributed by atoms with Gasteiger partial charge in [-0.2, -0.15) is 0 Å². The van der Waals surface area contributed by atoms with Crippen molar-refractivity contribution in [3.8, 4) is 23.0 Å². The Morgan fingerprint density at radius 3 is 2.91 bits per heavy atom. The number of nitrogens with zero attached hydrogens (tertiary/aromatic N) is 2. The van der Waals surface area contributed by atoms with Crippen LogP contribution in [0.15, 0.2) is 54.6 Å². The van der Waals surface area contributed by atoms with Crippen LogP contribution >= 0.6 is 0 Å². The Bertz CT molecular complexity index is 1330. The summed E-state index contributed by atoms with van der Waals surface area (Å²) in [5, 5.41) is 10.9. The summed E-state index contributed by atoms with van der Waals surface area (Å²) in [5.41, 5.74) is 3.80. The van der Waals surface area contributed by atoms with Crippen molar-refractivity contribution in [1.82, 2.24) is 9.88 Å². The molecule has 3 aliphatic rings. The van der Waals surface area contributed by atoms with Gasteiger partial charge in [0.05, 0.1) is 11.1 Å². The van der Waals surface area contributed by atoms with Crippen molar-refractivity contribution in [3.63, 3.8) is 0 Å². The van der Waals surface area contributed by atoms with Gasteiger partial charge in [0.25, 0.3) is 0 Å². The fraction of sp³-hybridized carbons (Fsp3) is 0.286. The number of aromatic hydroxyl groups is 1. The summed E-state index contributed by atoms with van der Waals surface area (Å²) in [4.78, 5) is 20.0. The number of rotatable bonds is 4. The van der Waals surface area contributed by atoms with Crippen LogP contribution < -0.4 is 14.2 Å². The lowest BCUT2D eigenvalue weighted by Crippen LogP contribution is -2.33. The van der Waals surface area contributed by atoms with Crippen LogP contribution in [0.3, 0.4) is 0 Å². The van der Waals surface area contributed by atoms with Gasteiger partial charge in [-0.3, -0.25) is 14.7 Å². The van der Waals surface area contributed by atoms with Gasteiger partial charge in [0.15, 0.2) is 17.3 Å². The van der Waals surface area contributed by atoms with Crippen LogP contribution in [0, 0.1) is 6.92 Å². The summed E-state index contributed by atoms with van der Waals surface area (Å²) in [6.07, 6.45) is 8.66. The monoisotopic (exact) mass is 470 g/mol. The van der Waals surface area contributed by atoms with E-state index in [2.05, 4.69) is 16.0 Å². The van der Waals surface area contributed by atoms with Crippen LogP contribution in [-0.2, 0) is 6.54 Å². The van der Waals surface area contributed by atoms with Gasteiger partial charge in [0, 0.05) is 25.0 Å². The third-order valence-corrected chi connectivity index (χ3v) is 6.96. The van der Waals surface area contributed by atoms with Gasteiger partial charge in [-0.25, -0.2) is 0 Å². The number of benzene rings is 2. The molecule has 3 aromatic rings. The summed E-state index contributed by atoms with van der Waals surface area (Å²) < 4.78 is 17.0. The Labute approximate surface area is 203 Å². The van der Waals surface area contributed by atoms with Crippen molar-refractivity contribution in [3.05, 3.63) is 82.4 Å². The first kappa shape index (κ1) is 21.7. The lowest BCUT2D eigenvalue weighted by Gasteiger charge is -2.36. The van der Waals surface area contributed by atoms with Gasteiger partial charge in [0.2, 0.25) is 12.6 Å². The maximum absolute atomic E-state index is 13.3. The van der Waals surface area contributed by atoms with Gasteiger partial charge < -0.3 is 19.3 Å². The molecule has 0 saturated carbocycles. The van der Waals surface area contributed by atoms with E-state index in [4.69, 9.17) is 14.2 Å². The molecule has 35 heavy (non-hydrogen) atoms. The Morgan fingerprint density at radius 2 is 2.06 bits per heavy atom. The second kappa shape index (κ2) is 8.74. The number of carbonyl (C=O) groups excluding carboxylic acids is 1. The smallest absolute Gasteiger partial charge is 0.232 e. The number of carbonyl (C=O) groups is 1. The standard InChI is InChI=1S/C28H26N2O5/c1-17-11-22(31)20(15-30-10-3-2-6-21(30)19-5-4-9-29-14-19)28-26(17)27(32)25(35-28)13-18-7-8-23-24(12-18)34-16-33-23/h4-5,7-9,11-14,21,31H,2-3,6,10,15-16H2,1H3/b25-13-/t21-/m0/s1. The average Bonchev–Trinajstić information content (AvgIpc) is 3.47. The number of ketones is 1. The molecule has 2 aromatic carbocycles. The number of fused-ring (bicyclic) bond motifs is 2. The second-order valence-corrected chi connectivity index (χ2v) is 9.22. The molecule has 7 nitrogen and oxygen atoms in total. The van der Waals surface area contributed by atoms with Gasteiger partial charge in [-0.1, -0.05) is 18.6 Å². The minimum atomic E-state index is -0.182. The molecule has 1 saturated heterocycles. The van der Waals surface area contributed by atoms with Crippen molar-refractivity contribution >= 4 is 11.9 Å². The zero-order valence-electron chi connectivity index (χ0n) is 19.5. The number of phenols is 1. The summed E-state index contributed by atoms with van der Waals surface area (Å²) in [6, 6.07) is 11.4. The van der Waals surface area contributed by atoms with Crippen molar-refractivity contribution in [2.75, 3.05) is 13.3 Å². The maximum atomic E-state index is 13.3. The molecule has 0 aliphatic carbocycles. The average molecular weight is 471 g/mol. The number of hydrogen-bond acceptors (Lipinski definition) is 7. The predicted octanol–water partition coefficient (Wildman–Crippen LogP) is 5.17. The number of ether oxygens (including phenoxy) is 3. The Morgan fingerprint density at radius 1 is 1.17 bits per heavy atom. The Hall–Kier alpha value is -3.84. The first-order valence-electron chi connectivity index (χ1n) is 11.9. The molecule has 4 heterocycles. The molecule has 0 radical (unpaired) electrons. The van der Waals surface area contributed by atoms with Gasteiger partial charge in [-0.15, -0.1) is 0 Å². The molecule has 1 fully saturated rings. The molecule has 7 heteroatoms. The molecule has 0 spiro atoms. The number of piperidine rings is 1. The normalized spacial score (nSPS) is 20.2. The minimum Gasteiger partial charge on any atom is -0.507 e. The van der Waals surface area contributed by atoms with E-state index in [-0.39, 0.29) is 30.1 Å². The summed E-state index contributed by atoms with van der Waals surface area (Å²) in [6.45, 7) is 3.40. The van der Waals surface area contributed by atoms with Gasteiger partial charge in [-0.05, 0) is 73.3 Å². The number of hydrogen-bond donors (Lipinski definition) is 1. The highest BCUT2D eigenvalue weighted by atomic mass is 16.7. The van der Waals surface area contributed by atoms with Crippen LogP contribution in [0.4, 0.5) is 0 Å². The number of likely N-dealkylation sites (tertiary alicyclic amines) is 1. The van der Waals surface area contributed by atoms with Crippen LogP contribution in [0.5, 0.6) is 23.0 Å². The van der Waals surface area contributed by atoms with E-state index >= 15 is 0 Å². The van der Waals surface area contributed by atoms with E-state index in [1.54, 1.807) is 18.3 Å². The largest absolute Gasteiger partial charge is 0.507 e. The maximum Gasteiger partial charge on any atom is 0.232 e. The summed E-state index contributed by atoms with van der Waals surface area (Å²) >= 11 is 0. The highest BCUT2D eigenvalue weighted by molar-refractivity contribution is 6.15. The fourth-order valence-electron chi connectivity index (χ4n) is 5.22. The topological polar surface area (TPSA) is 81.1 Å². The number of allylic oxidation sites excluding steroid dienone is 1. The molecule has 1 atom stereocenters. The zero-order chi connectivity index (χ0) is 23.9. The first-order chi connectivity index (χ1) is 17.1. The van der Waals surface area contributed by atoms with E-state index in [0.717, 1.165) is 36.9 Å². The molecule has 1 aromatic heterocycles. The molecule has 0 bridgehead atoms. The van der Waals surface area contributed by atoms with Crippen molar-refractivity contribution in [2.45, 2.75) is 38.8 Å². The summed E-state index contributed by atoms with van der Waals surface area (Å²) in [7, 11) is 0. The molecule has 1 N–H and O–H groups in total. The molecular formula is C28H26N2O5. The van der Waals surface area contributed by atoms with Gasteiger partial charge in [0.1, 0.15) is 11.5 Å². The van der Waals surface area contributed by atoms with E-state index in [0.29, 0.717) is 40.5 Å². The van der Waals surface area contributed by atoms with E-state index < -0.39 is 0 Å². The van der Waals surface area contributed by atoms with Gasteiger partial charge >= 0.3 is 0 Å². The second-order valence-electron chi connectivity index (χ2n) is 9.22. The lowest BCUT2D eigenvalue weighted by molar-refractivity contribution is 0.101. The number of phenolic OH excluding ortho intramolecular Hbond substituents is 1. The highest BCUT2D eigenvalue weighted by Gasteiger charge is 2.35. The van der Waals surface area contributed by atoms with Crippen LogP contribution in [-0.4, -0.2) is 34.1 Å². The molecule has 0 unspecified atom stereocenters. The highest BCUT2D eigenvalue weighted by Crippen LogP contribution is 2.44. The zero-order valence-corrected chi connectivity index (χ0v) is 19.5. The van der Waals surface area contributed by atoms with E-state index in [9.17, 15) is 9.90 Å². The molecule has 6 rings (SSSR count). The molecule has 0 amide bonds. The summed E-state index contributed by atoms with van der Waals surface area (Å²) in [5.74, 6) is 1.98. The Balaban J connectivity index is 1.34. The molecular weight excluding hydrogens is 444 g/mol. The predicted molar refractivity (Wildman–Crippen MR) is 130 cm³/mol. The van der Waals surface area contributed by atoms with Crippen LogP contribution in [0.2, 0.25) is 0 Å². The molecule has 178 valence electrons. The van der Waals surface area contributed by atoms with Crippen molar-refractivity contribution < 1.29 is 24.1 Å². The first-order valence-corrected chi connectivity index (χ1v) is 11.9. The molecule has 3 aliphatic heterocycles.